The van der Waals surface area contributed by atoms with Gasteiger partial charge in [0.25, 0.3) is 11.6 Å². The molecule has 0 aromatic heterocycles. The third kappa shape index (κ3) is 5.97. The molecule has 0 radical (unpaired) electrons. The Balaban J connectivity index is 1.76. The van der Waals surface area contributed by atoms with Gasteiger partial charge in [0.1, 0.15) is 28.2 Å². The van der Waals surface area contributed by atoms with Crippen LogP contribution in [0.5, 0.6) is 11.5 Å². The zero-order valence-electron chi connectivity index (χ0n) is 17.7. The highest BCUT2D eigenvalue weighted by molar-refractivity contribution is 6.32. The van der Waals surface area contributed by atoms with Gasteiger partial charge in [-0.15, -0.1) is 0 Å². The zero-order chi connectivity index (χ0) is 24.7. The fourth-order valence-electron chi connectivity index (χ4n) is 2.80. The van der Waals surface area contributed by atoms with Gasteiger partial charge in [-0.25, -0.2) is 4.79 Å². The molecule has 0 saturated heterocycles. The number of ether oxygens (including phenoxy) is 2. The Bertz CT molecular complexity index is 1330. The molecule has 34 heavy (non-hydrogen) atoms. The lowest BCUT2D eigenvalue weighted by Gasteiger charge is -2.07. The van der Waals surface area contributed by atoms with Crippen LogP contribution in [0.3, 0.4) is 0 Å². The van der Waals surface area contributed by atoms with Crippen LogP contribution in [0.1, 0.15) is 15.9 Å². The molecule has 0 heterocycles. The molecule has 0 aliphatic heterocycles. The van der Waals surface area contributed by atoms with E-state index in [0.29, 0.717) is 16.9 Å². The number of methoxy groups -OCH3 is 1. The molecular weight excluding hydrogens is 462 g/mol. The Kier molecular flexibility index (Phi) is 7.59. The predicted molar refractivity (Wildman–Crippen MR) is 125 cm³/mol. The Labute approximate surface area is 198 Å². The molecule has 0 aliphatic carbocycles. The normalized spacial score (nSPS) is 10.7. The second-order valence-electron chi connectivity index (χ2n) is 6.74. The Morgan fingerprint density at radius 2 is 1.82 bits per heavy atom. The number of anilines is 1. The van der Waals surface area contributed by atoms with Gasteiger partial charge in [0, 0.05) is 11.8 Å². The minimum Gasteiger partial charge on any atom is -0.497 e. The quantitative estimate of drug-likeness (QED) is 0.126. The summed E-state index contributed by atoms with van der Waals surface area (Å²) in [5, 5.41) is 22.8. The van der Waals surface area contributed by atoms with Gasteiger partial charge in [0.2, 0.25) is 0 Å². The van der Waals surface area contributed by atoms with Gasteiger partial charge in [0.05, 0.1) is 17.6 Å². The third-order valence-corrected chi connectivity index (χ3v) is 4.79. The molecule has 1 N–H and O–H groups in total. The molecule has 3 aromatic carbocycles. The van der Waals surface area contributed by atoms with Crippen molar-refractivity contribution in [3.05, 3.63) is 98.6 Å². The van der Waals surface area contributed by atoms with E-state index in [0.717, 1.165) is 6.07 Å². The van der Waals surface area contributed by atoms with E-state index in [9.17, 15) is 25.0 Å². The molecule has 0 fully saturated rings. The van der Waals surface area contributed by atoms with Crippen LogP contribution >= 0.6 is 11.6 Å². The number of halogens is 1. The minimum atomic E-state index is -0.778. The Hall–Kier alpha value is -4.68. The highest BCUT2D eigenvalue weighted by Gasteiger charge is 2.16. The zero-order valence-corrected chi connectivity index (χ0v) is 18.4. The first-order valence-corrected chi connectivity index (χ1v) is 10.0. The highest BCUT2D eigenvalue weighted by Crippen LogP contribution is 2.27. The number of hydrogen-bond acceptors (Lipinski definition) is 7. The van der Waals surface area contributed by atoms with Crippen LogP contribution in [0, 0.1) is 21.4 Å². The number of nitro benzene ring substituents is 1. The Morgan fingerprint density at radius 1 is 1.09 bits per heavy atom. The maximum atomic E-state index is 12.5. The van der Waals surface area contributed by atoms with Crippen molar-refractivity contribution in [3.8, 4) is 17.6 Å². The first-order chi connectivity index (χ1) is 16.3. The highest BCUT2D eigenvalue weighted by atomic mass is 35.5. The van der Waals surface area contributed by atoms with E-state index in [1.807, 2.05) is 0 Å². The lowest BCUT2D eigenvalue weighted by molar-refractivity contribution is -0.384. The first kappa shape index (κ1) is 24.0. The monoisotopic (exact) mass is 477 g/mol. The lowest BCUT2D eigenvalue weighted by atomic mass is 10.1. The van der Waals surface area contributed by atoms with E-state index in [4.69, 9.17) is 21.1 Å². The standard InChI is InChI=1S/C24H16ClN3O6/c1-33-19-8-5-16(6-9-19)24(30)34-20-4-2-3-15(12-20)11-17(14-26)23(29)27-18-7-10-21(25)22(13-18)28(31)32/h2-13H,1H3,(H,27,29)/b17-11+. The van der Waals surface area contributed by atoms with Crippen LogP contribution in [-0.4, -0.2) is 23.9 Å². The third-order valence-electron chi connectivity index (χ3n) is 4.47. The van der Waals surface area contributed by atoms with Gasteiger partial charge in [-0.1, -0.05) is 23.7 Å². The number of benzene rings is 3. The number of esters is 1. The van der Waals surface area contributed by atoms with Crippen molar-refractivity contribution in [2.24, 2.45) is 0 Å². The SMILES string of the molecule is COc1ccc(C(=O)Oc2cccc(/C=C(\C#N)C(=O)Nc3ccc(Cl)c([N+](=O)[O-])c3)c2)cc1. The molecular formula is C24H16ClN3O6. The van der Waals surface area contributed by atoms with Crippen molar-refractivity contribution in [2.45, 2.75) is 0 Å². The van der Waals surface area contributed by atoms with Crippen LogP contribution < -0.4 is 14.8 Å². The van der Waals surface area contributed by atoms with Gasteiger partial charge >= 0.3 is 5.97 Å². The van der Waals surface area contributed by atoms with Gasteiger partial charge in [0.15, 0.2) is 0 Å². The summed E-state index contributed by atoms with van der Waals surface area (Å²) < 4.78 is 10.4. The van der Waals surface area contributed by atoms with Crippen molar-refractivity contribution < 1.29 is 24.0 Å². The smallest absolute Gasteiger partial charge is 0.343 e. The number of nitrogens with zero attached hydrogens (tertiary/aromatic N) is 2. The number of carbonyl (C=O) groups excluding carboxylic acids is 2. The molecule has 0 saturated carbocycles. The first-order valence-electron chi connectivity index (χ1n) is 9.64. The van der Waals surface area contributed by atoms with Crippen LogP contribution in [0.15, 0.2) is 72.3 Å². The average Bonchev–Trinajstić information content (AvgIpc) is 2.83. The number of nitro groups is 1. The lowest BCUT2D eigenvalue weighted by Crippen LogP contribution is -2.13. The van der Waals surface area contributed by atoms with Crippen LogP contribution in [0.4, 0.5) is 11.4 Å². The minimum absolute atomic E-state index is 0.0833. The largest absolute Gasteiger partial charge is 0.497 e. The van der Waals surface area contributed by atoms with E-state index in [-0.39, 0.29) is 27.7 Å². The predicted octanol–water partition coefficient (Wildman–Crippen LogP) is 5.02. The van der Waals surface area contributed by atoms with Crippen LogP contribution in [-0.2, 0) is 4.79 Å². The summed E-state index contributed by atoms with van der Waals surface area (Å²) in [5.74, 6) is -0.564. The van der Waals surface area contributed by atoms with E-state index < -0.39 is 16.8 Å². The molecule has 0 unspecified atom stereocenters. The summed E-state index contributed by atoms with van der Waals surface area (Å²) in [4.78, 5) is 35.2. The fraction of sp³-hybridized carbons (Fsp3) is 0.0417. The molecule has 3 rings (SSSR count). The average molecular weight is 478 g/mol. The molecule has 170 valence electrons. The summed E-state index contributed by atoms with van der Waals surface area (Å²) >= 11 is 5.77. The molecule has 1 amide bonds. The van der Waals surface area contributed by atoms with Gasteiger partial charge in [-0.3, -0.25) is 14.9 Å². The van der Waals surface area contributed by atoms with Crippen molar-refractivity contribution in [2.75, 3.05) is 12.4 Å². The van der Waals surface area contributed by atoms with E-state index in [1.165, 1.54) is 31.4 Å². The molecule has 10 heteroatoms. The van der Waals surface area contributed by atoms with Gasteiger partial charge < -0.3 is 14.8 Å². The van der Waals surface area contributed by atoms with Crippen molar-refractivity contribution in [1.82, 2.24) is 0 Å². The molecule has 0 atom stereocenters. The number of amides is 1. The second kappa shape index (κ2) is 10.8. The number of carbonyl (C=O) groups is 2. The topological polar surface area (TPSA) is 132 Å². The van der Waals surface area contributed by atoms with Crippen molar-refractivity contribution in [1.29, 1.82) is 5.26 Å². The number of rotatable bonds is 7. The molecule has 9 nitrogen and oxygen atoms in total. The van der Waals surface area contributed by atoms with Crippen LogP contribution in [0.2, 0.25) is 5.02 Å². The molecule has 3 aromatic rings. The number of nitriles is 1. The maximum Gasteiger partial charge on any atom is 0.343 e. The molecule has 0 spiro atoms. The molecule has 0 bridgehead atoms. The summed E-state index contributed by atoms with van der Waals surface area (Å²) in [6.45, 7) is 0. The summed E-state index contributed by atoms with van der Waals surface area (Å²) in [5.41, 5.74) is 0.193. The van der Waals surface area contributed by atoms with Crippen molar-refractivity contribution >= 4 is 40.9 Å². The fourth-order valence-corrected chi connectivity index (χ4v) is 2.99. The van der Waals surface area contributed by atoms with E-state index in [1.54, 1.807) is 48.5 Å². The van der Waals surface area contributed by atoms with Crippen LogP contribution in [0.25, 0.3) is 6.08 Å². The summed E-state index contributed by atoms with van der Waals surface area (Å²) in [6.07, 6.45) is 1.30. The summed E-state index contributed by atoms with van der Waals surface area (Å²) in [6, 6.07) is 18.1. The Morgan fingerprint density at radius 3 is 2.47 bits per heavy atom. The summed E-state index contributed by atoms with van der Waals surface area (Å²) in [7, 11) is 1.52. The molecule has 0 aliphatic rings. The maximum absolute atomic E-state index is 12.5. The number of hydrogen-bond donors (Lipinski definition) is 1. The second-order valence-corrected chi connectivity index (χ2v) is 7.14. The van der Waals surface area contributed by atoms with E-state index >= 15 is 0 Å². The van der Waals surface area contributed by atoms with E-state index in [2.05, 4.69) is 5.32 Å². The van der Waals surface area contributed by atoms with Crippen molar-refractivity contribution in [3.63, 3.8) is 0 Å². The van der Waals surface area contributed by atoms with Gasteiger partial charge in [-0.2, -0.15) is 5.26 Å². The van der Waals surface area contributed by atoms with Gasteiger partial charge in [-0.05, 0) is 60.2 Å². The number of nitrogens with one attached hydrogen (secondary N) is 1.